The Bertz CT molecular complexity index is 1310. The van der Waals surface area contributed by atoms with Crippen molar-refractivity contribution in [3.63, 3.8) is 0 Å². The van der Waals surface area contributed by atoms with Gasteiger partial charge in [-0.05, 0) is 54.2 Å². The Morgan fingerprint density at radius 1 is 1.03 bits per heavy atom. The summed E-state index contributed by atoms with van der Waals surface area (Å²) in [6.07, 6.45) is -2.92. The number of halogens is 3. The van der Waals surface area contributed by atoms with E-state index in [9.17, 15) is 22.8 Å². The smallest absolute Gasteiger partial charge is 0.416 e. The molecular weight excluding hydrogens is 479 g/mol. The number of nitrogens with one attached hydrogen (secondary N) is 2. The van der Waals surface area contributed by atoms with Crippen molar-refractivity contribution in [3.05, 3.63) is 94.9 Å². The lowest BCUT2D eigenvalue weighted by Crippen LogP contribution is -2.20. The second-order valence-electron chi connectivity index (χ2n) is 7.27. The molecule has 0 saturated carbocycles. The lowest BCUT2D eigenvalue weighted by Gasteiger charge is -2.10. The van der Waals surface area contributed by atoms with Crippen molar-refractivity contribution in [1.82, 2.24) is 5.32 Å². The van der Waals surface area contributed by atoms with Gasteiger partial charge in [-0.25, -0.2) is 4.99 Å². The Hall–Kier alpha value is -4.05. The van der Waals surface area contributed by atoms with Crippen LogP contribution in [0, 0.1) is 0 Å². The topological polar surface area (TPSA) is 79.8 Å². The molecule has 0 aliphatic carbocycles. The molecule has 0 bridgehead atoms. The summed E-state index contributed by atoms with van der Waals surface area (Å²) in [5.74, 6) is -0.403. The molecule has 10 heteroatoms. The molecule has 1 aliphatic heterocycles. The van der Waals surface area contributed by atoms with Gasteiger partial charge >= 0.3 is 6.18 Å². The van der Waals surface area contributed by atoms with E-state index in [1.807, 2.05) is 6.07 Å². The number of para-hydroxylation sites is 2. The Balaban J connectivity index is 1.46. The highest BCUT2D eigenvalue weighted by Crippen LogP contribution is 2.33. The largest absolute Gasteiger partial charge is 0.483 e. The minimum Gasteiger partial charge on any atom is -0.483 e. The van der Waals surface area contributed by atoms with Crippen molar-refractivity contribution >= 4 is 46.2 Å². The van der Waals surface area contributed by atoms with Crippen LogP contribution in [-0.4, -0.2) is 23.6 Å². The van der Waals surface area contributed by atoms with Gasteiger partial charge in [0, 0.05) is 11.3 Å². The average molecular weight is 497 g/mol. The molecule has 0 aromatic heterocycles. The second-order valence-corrected chi connectivity index (χ2v) is 8.30. The van der Waals surface area contributed by atoms with Crippen LogP contribution in [0.2, 0.25) is 0 Å². The molecule has 0 atom stereocenters. The van der Waals surface area contributed by atoms with E-state index in [0.717, 1.165) is 23.9 Å². The Labute approximate surface area is 202 Å². The van der Waals surface area contributed by atoms with Gasteiger partial charge in [0.1, 0.15) is 5.75 Å². The molecule has 0 spiro atoms. The number of carbonyl (C=O) groups is 2. The first kappa shape index (κ1) is 24.1. The van der Waals surface area contributed by atoms with Gasteiger partial charge in [-0.15, -0.1) is 0 Å². The number of thioether (sulfide) groups is 1. The predicted octanol–water partition coefficient (Wildman–Crippen LogP) is 5.61. The monoisotopic (exact) mass is 497 g/mol. The molecule has 3 aromatic carbocycles. The van der Waals surface area contributed by atoms with Gasteiger partial charge in [0.05, 0.1) is 16.2 Å². The number of hydrogen-bond donors (Lipinski definition) is 2. The van der Waals surface area contributed by atoms with Crippen molar-refractivity contribution in [1.29, 1.82) is 0 Å². The fourth-order valence-corrected chi connectivity index (χ4v) is 3.92. The maximum atomic E-state index is 12.9. The van der Waals surface area contributed by atoms with Crippen molar-refractivity contribution in [2.45, 2.75) is 6.18 Å². The molecule has 2 amide bonds. The highest BCUT2D eigenvalue weighted by molar-refractivity contribution is 8.18. The van der Waals surface area contributed by atoms with Crippen LogP contribution in [0.15, 0.2) is 88.8 Å². The van der Waals surface area contributed by atoms with Crippen LogP contribution < -0.4 is 15.4 Å². The van der Waals surface area contributed by atoms with Crippen molar-refractivity contribution in [2.75, 3.05) is 11.9 Å². The van der Waals surface area contributed by atoms with Gasteiger partial charge in [0.2, 0.25) is 0 Å². The maximum Gasteiger partial charge on any atom is 0.416 e. The van der Waals surface area contributed by atoms with Crippen LogP contribution in [0.25, 0.3) is 6.08 Å². The zero-order chi connectivity index (χ0) is 24.8. The van der Waals surface area contributed by atoms with E-state index < -0.39 is 17.6 Å². The summed E-state index contributed by atoms with van der Waals surface area (Å²) < 4.78 is 44.5. The number of rotatable bonds is 6. The number of amides is 2. The first-order chi connectivity index (χ1) is 16.8. The summed E-state index contributed by atoms with van der Waals surface area (Å²) in [6.45, 7) is -0.239. The first-order valence-electron chi connectivity index (χ1n) is 10.3. The minimum absolute atomic E-state index is 0.0667. The molecule has 4 rings (SSSR count). The standard InChI is InChI=1S/C25H18F3N3O3S/c26-25(27,28)17-8-6-11-19(14-17)30-24-31-23(33)21(35-24)13-16-7-4-5-12-20(16)34-15-22(32)29-18-9-2-1-3-10-18/h1-14H,15H2,(H,29,32)(H,30,31,33)/b21-13-. The Morgan fingerprint density at radius 2 is 1.77 bits per heavy atom. The Kier molecular flexibility index (Phi) is 7.21. The number of benzene rings is 3. The average Bonchev–Trinajstić information content (AvgIpc) is 3.17. The number of alkyl halides is 3. The molecule has 1 saturated heterocycles. The van der Waals surface area contributed by atoms with E-state index in [4.69, 9.17) is 4.74 Å². The van der Waals surface area contributed by atoms with Crippen LogP contribution in [0.5, 0.6) is 5.75 Å². The number of hydrogen-bond acceptors (Lipinski definition) is 5. The highest BCUT2D eigenvalue weighted by Gasteiger charge is 2.30. The second kappa shape index (κ2) is 10.5. The number of nitrogens with zero attached hydrogens (tertiary/aromatic N) is 1. The molecule has 3 aromatic rings. The third-order valence-electron chi connectivity index (χ3n) is 4.68. The molecule has 0 radical (unpaired) electrons. The first-order valence-corrected chi connectivity index (χ1v) is 11.1. The molecule has 178 valence electrons. The lowest BCUT2D eigenvalue weighted by atomic mass is 10.2. The van der Waals surface area contributed by atoms with Crippen molar-refractivity contribution < 1.29 is 27.5 Å². The van der Waals surface area contributed by atoms with Gasteiger partial charge in [0.25, 0.3) is 11.8 Å². The molecule has 35 heavy (non-hydrogen) atoms. The van der Waals surface area contributed by atoms with Crippen LogP contribution in [0.3, 0.4) is 0 Å². The number of carbonyl (C=O) groups excluding carboxylic acids is 2. The summed E-state index contributed by atoms with van der Waals surface area (Å²) in [5, 5.41) is 5.42. The Morgan fingerprint density at radius 3 is 2.54 bits per heavy atom. The predicted molar refractivity (Wildman–Crippen MR) is 129 cm³/mol. The van der Waals surface area contributed by atoms with E-state index in [-0.39, 0.29) is 28.3 Å². The molecule has 1 fully saturated rings. The number of amidine groups is 1. The molecule has 6 nitrogen and oxygen atoms in total. The normalized spacial score (nSPS) is 15.8. The van der Waals surface area contributed by atoms with Crippen LogP contribution in [0.1, 0.15) is 11.1 Å². The molecule has 0 unspecified atom stereocenters. The third-order valence-corrected chi connectivity index (χ3v) is 5.59. The minimum atomic E-state index is -4.49. The third kappa shape index (κ3) is 6.51. The van der Waals surface area contributed by atoms with Gasteiger partial charge in [-0.1, -0.05) is 42.5 Å². The maximum absolute atomic E-state index is 12.9. The van der Waals surface area contributed by atoms with Gasteiger partial charge in [-0.2, -0.15) is 13.2 Å². The summed E-state index contributed by atoms with van der Waals surface area (Å²) in [6, 6.07) is 20.3. The van der Waals surface area contributed by atoms with Gasteiger partial charge in [-0.3, -0.25) is 9.59 Å². The van der Waals surface area contributed by atoms with E-state index in [1.165, 1.54) is 12.1 Å². The zero-order valence-electron chi connectivity index (χ0n) is 18.0. The summed E-state index contributed by atoms with van der Waals surface area (Å²) >= 11 is 0.991. The highest BCUT2D eigenvalue weighted by atomic mass is 32.2. The van der Waals surface area contributed by atoms with E-state index >= 15 is 0 Å². The SMILES string of the molecule is O=C(COc1ccccc1/C=C1\SC(=Nc2cccc(C(F)(F)F)c2)NC1=O)Nc1ccccc1. The van der Waals surface area contributed by atoms with E-state index in [1.54, 1.807) is 54.6 Å². The van der Waals surface area contributed by atoms with Crippen LogP contribution in [0.4, 0.5) is 24.5 Å². The van der Waals surface area contributed by atoms with Crippen molar-refractivity contribution in [2.24, 2.45) is 4.99 Å². The fraction of sp³-hybridized carbons (Fsp3) is 0.0800. The van der Waals surface area contributed by atoms with Crippen LogP contribution >= 0.6 is 11.8 Å². The van der Waals surface area contributed by atoms with E-state index in [2.05, 4.69) is 15.6 Å². The lowest BCUT2D eigenvalue weighted by molar-refractivity contribution is -0.137. The molecular formula is C25H18F3N3O3S. The summed E-state index contributed by atoms with van der Waals surface area (Å²) in [5.41, 5.74) is 0.435. The van der Waals surface area contributed by atoms with Crippen LogP contribution in [-0.2, 0) is 15.8 Å². The molecule has 1 aliphatic rings. The number of anilines is 1. The summed E-state index contributed by atoms with van der Waals surface area (Å²) in [7, 11) is 0. The molecule has 1 heterocycles. The summed E-state index contributed by atoms with van der Waals surface area (Å²) in [4.78, 5) is 29.0. The van der Waals surface area contributed by atoms with E-state index in [0.29, 0.717) is 17.0 Å². The zero-order valence-corrected chi connectivity index (χ0v) is 18.8. The van der Waals surface area contributed by atoms with Gasteiger partial charge in [0.15, 0.2) is 11.8 Å². The van der Waals surface area contributed by atoms with Crippen molar-refractivity contribution in [3.8, 4) is 5.75 Å². The molecule has 2 N–H and O–H groups in total. The van der Waals surface area contributed by atoms with Gasteiger partial charge < -0.3 is 15.4 Å². The number of aliphatic imine (C=N–C) groups is 1. The fourth-order valence-electron chi connectivity index (χ4n) is 3.08. The quantitative estimate of drug-likeness (QED) is 0.434. The number of ether oxygens (including phenoxy) is 1.